The second-order valence-corrected chi connectivity index (χ2v) is 7.23. The van der Waals surface area contributed by atoms with Crippen LogP contribution in [0.2, 0.25) is 0 Å². The Morgan fingerprint density at radius 3 is 2.14 bits per heavy atom. The molecule has 0 bridgehead atoms. The van der Waals surface area contributed by atoms with Gasteiger partial charge in [0.1, 0.15) is 0 Å². The summed E-state index contributed by atoms with van der Waals surface area (Å²) >= 11 is 6.89. The number of halogens is 2. The van der Waals surface area contributed by atoms with E-state index in [2.05, 4.69) is 50.6 Å². The fourth-order valence-electron chi connectivity index (χ4n) is 3.03. The van der Waals surface area contributed by atoms with Gasteiger partial charge in [-0.15, -0.1) is 0 Å². The third-order valence-corrected chi connectivity index (χ3v) is 5.11. The van der Waals surface area contributed by atoms with Gasteiger partial charge in [-0.3, -0.25) is 4.79 Å². The molecule has 0 radical (unpaired) electrons. The second kappa shape index (κ2) is 7.75. The van der Waals surface area contributed by atoms with Crippen molar-refractivity contribution < 1.29 is 4.79 Å². The molecule has 1 aromatic carbocycles. The number of hydrogen-bond acceptors (Lipinski definition) is 2. The van der Waals surface area contributed by atoms with Crippen molar-refractivity contribution in [1.82, 2.24) is 9.80 Å². The average molecular weight is 418 g/mol. The molecule has 0 spiro atoms. The molecule has 3 nitrogen and oxygen atoms in total. The highest BCUT2D eigenvalue weighted by Gasteiger charge is 2.26. The minimum Gasteiger partial charge on any atom is -0.339 e. The van der Waals surface area contributed by atoms with Gasteiger partial charge in [0.15, 0.2) is 0 Å². The Hall–Kier alpha value is -0.390. The van der Waals surface area contributed by atoms with Crippen LogP contribution in [0.3, 0.4) is 0 Å². The quantitative estimate of drug-likeness (QED) is 0.734. The second-order valence-electron chi connectivity index (χ2n) is 5.40. The molecule has 1 amide bonds. The predicted octanol–water partition coefficient (Wildman–Crippen LogP) is 4.16. The van der Waals surface area contributed by atoms with Crippen molar-refractivity contribution in [3.63, 3.8) is 0 Å². The maximum absolute atomic E-state index is 12.6. The van der Waals surface area contributed by atoms with Gasteiger partial charge in [-0.1, -0.05) is 45.7 Å². The summed E-state index contributed by atoms with van der Waals surface area (Å²) in [5.74, 6) is 0.134. The van der Waals surface area contributed by atoms with E-state index >= 15 is 0 Å². The summed E-state index contributed by atoms with van der Waals surface area (Å²) in [4.78, 5) is 17.1. The van der Waals surface area contributed by atoms with E-state index in [1.54, 1.807) is 0 Å². The predicted molar refractivity (Wildman–Crippen MR) is 93.7 cm³/mol. The zero-order valence-corrected chi connectivity index (χ0v) is 15.8. The number of hydrogen-bond donors (Lipinski definition) is 0. The minimum atomic E-state index is 0.134. The van der Waals surface area contributed by atoms with E-state index in [1.807, 2.05) is 23.1 Å². The molecule has 1 saturated heterocycles. The lowest BCUT2D eigenvalue weighted by atomic mass is 10.0. The largest absolute Gasteiger partial charge is 0.339 e. The summed E-state index contributed by atoms with van der Waals surface area (Å²) in [6, 6.07) is 6.36. The molecule has 1 aliphatic rings. The molecule has 5 heteroatoms. The zero-order chi connectivity index (χ0) is 15.4. The molecule has 0 unspecified atom stereocenters. The Labute approximate surface area is 143 Å². The fraction of sp³-hybridized carbons (Fsp3) is 0.562. The van der Waals surface area contributed by atoms with Gasteiger partial charge in [-0.25, -0.2) is 0 Å². The molecule has 2 rings (SSSR count). The maximum atomic E-state index is 12.6. The van der Waals surface area contributed by atoms with E-state index in [1.165, 1.54) is 0 Å². The molecule has 1 aromatic rings. The molecule has 1 aliphatic heterocycles. The SMILES string of the molecule is CCN(CC)C1CCN(C(=O)c2cc(Br)cc(Br)c2)CC1. The molecule has 0 atom stereocenters. The van der Waals surface area contributed by atoms with E-state index in [9.17, 15) is 4.79 Å². The third kappa shape index (κ3) is 4.30. The van der Waals surface area contributed by atoms with Gasteiger partial charge >= 0.3 is 0 Å². The number of carbonyl (C=O) groups excluding carboxylic acids is 1. The van der Waals surface area contributed by atoms with Gasteiger partial charge in [0.2, 0.25) is 0 Å². The molecule has 21 heavy (non-hydrogen) atoms. The molecule has 116 valence electrons. The van der Waals surface area contributed by atoms with Crippen LogP contribution in [0.4, 0.5) is 0 Å². The fourth-order valence-corrected chi connectivity index (χ4v) is 4.33. The van der Waals surface area contributed by atoms with Gasteiger partial charge in [0.05, 0.1) is 0 Å². The van der Waals surface area contributed by atoms with Crippen molar-refractivity contribution in [2.45, 2.75) is 32.7 Å². The van der Waals surface area contributed by atoms with Crippen molar-refractivity contribution >= 4 is 37.8 Å². The summed E-state index contributed by atoms with van der Waals surface area (Å²) in [6.45, 7) is 8.30. The van der Waals surface area contributed by atoms with Crippen molar-refractivity contribution in [1.29, 1.82) is 0 Å². The Balaban J connectivity index is 2.00. The number of nitrogens with zero attached hydrogens (tertiary/aromatic N) is 2. The number of rotatable bonds is 4. The van der Waals surface area contributed by atoms with Crippen molar-refractivity contribution in [2.75, 3.05) is 26.2 Å². The van der Waals surface area contributed by atoms with Crippen LogP contribution in [-0.2, 0) is 0 Å². The van der Waals surface area contributed by atoms with E-state index in [4.69, 9.17) is 0 Å². The van der Waals surface area contributed by atoms with Crippen molar-refractivity contribution in [3.8, 4) is 0 Å². The van der Waals surface area contributed by atoms with Crippen LogP contribution in [0.15, 0.2) is 27.1 Å². The van der Waals surface area contributed by atoms with Crippen LogP contribution in [0.5, 0.6) is 0 Å². The van der Waals surface area contributed by atoms with E-state index < -0.39 is 0 Å². The van der Waals surface area contributed by atoms with Crippen LogP contribution in [0.1, 0.15) is 37.0 Å². The molecule has 1 fully saturated rings. The van der Waals surface area contributed by atoms with Crippen LogP contribution in [0, 0.1) is 0 Å². The monoisotopic (exact) mass is 416 g/mol. The number of benzene rings is 1. The Morgan fingerprint density at radius 2 is 1.67 bits per heavy atom. The average Bonchev–Trinajstić information content (AvgIpc) is 2.47. The van der Waals surface area contributed by atoms with Gasteiger partial charge in [-0.2, -0.15) is 0 Å². The molecular weight excluding hydrogens is 396 g/mol. The van der Waals surface area contributed by atoms with E-state index in [-0.39, 0.29) is 5.91 Å². The summed E-state index contributed by atoms with van der Waals surface area (Å²) in [5, 5.41) is 0. The summed E-state index contributed by atoms with van der Waals surface area (Å²) in [5.41, 5.74) is 0.748. The highest BCUT2D eigenvalue weighted by Crippen LogP contribution is 2.23. The first kappa shape index (κ1) is 17.0. The van der Waals surface area contributed by atoms with Gasteiger partial charge in [0.25, 0.3) is 5.91 Å². The molecule has 1 heterocycles. The molecule has 0 aromatic heterocycles. The van der Waals surface area contributed by atoms with Crippen molar-refractivity contribution in [3.05, 3.63) is 32.7 Å². The summed E-state index contributed by atoms with van der Waals surface area (Å²) in [7, 11) is 0. The molecular formula is C16H22Br2N2O. The lowest BCUT2D eigenvalue weighted by molar-refractivity contribution is 0.0631. The smallest absolute Gasteiger partial charge is 0.253 e. The summed E-state index contributed by atoms with van der Waals surface area (Å²) in [6.07, 6.45) is 2.14. The Bertz CT molecular complexity index is 475. The Morgan fingerprint density at radius 1 is 1.14 bits per heavy atom. The van der Waals surface area contributed by atoms with Crippen LogP contribution in [-0.4, -0.2) is 47.9 Å². The van der Waals surface area contributed by atoms with Crippen LogP contribution >= 0.6 is 31.9 Å². The third-order valence-electron chi connectivity index (χ3n) is 4.19. The standard InChI is InChI=1S/C16H22Br2N2O/c1-3-19(4-2)15-5-7-20(8-6-15)16(21)12-9-13(17)11-14(18)10-12/h9-11,15H,3-8H2,1-2H3. The van der Waals surface area contributed by atoms with Crippen LogP contribution < -0.4 is 0 Å². The molecule has 0 N–H and O–H groups in total. The lowest BCUT2D eigenvalue weighted by Crippen LogP contribution is -2.46. The van der Waals surface area contributed by atoms with Gasteiger partial charge in [-0.05, 0) is 44.1 Å². The van der Waals surface area contributed by atoms with E-state index in [0.717, 1.165) is 53.5 Å². The Kier molecular flexibility index (Phi) is 6.26. The van der Waals surface area contributed by atoms with Gasteiger partial charge < -0.3 is 9.80 Å². The summed E-state index contributed by atoms with van der Waals surface area (Å²) < 4.78 is 1.86. The van der Waals surface area contributed by atoms with Gasteiger partial charge in [0, 0.05) is 33.6 Å². The minimum absolute atomic E-state index is 0.134. The first-order valence-electron chi connectivity index (χ1n) is 7.54. The number of piperidine rings is 1. The molecule has 0 aliphatic carbocycles. The lowest BCUT2D eigenvalue weighted by Gasteiger charge is -2.37. The maximum Gasteiger partial charge on any atom is 0.253 e. The highest BCUT2D eigenvalue weighted by atomic mass is 79.9. The molecule has 0 saturated carbocycles. The highest BCUT2D eigenvalue weighted by molar-refractivity contribution is 9.11. The number of carbonyl (C=O) groups is 1. The topological polar surface area (TPSA) is 23.6 Å². The number of amides is 1. The first-order valence-corrected chi connectivity index (χ1v) is 9.13. The van der Waals surface area contributed by atoms with E-state index in [0.29, 0.717) is 6.04 Å². The number of likely N-dealkylation sites (tertiary alicyclic amines) is 1. The van der Waals surface area contributed by atoms with Crippen molar-refractivity contribution in [2.24, 2.45) is 0 Å². The normalized spacial score (nSPS) is 16.5. The first-order chi connectivity index (χ1) is 10.0. The zero-order valence-electron chi connectivity index (χ0n) is 12.6. The van der Waals surface area contributed by atoms with Crippen LogP contribution in [0.25, 0.3) is 0 Å².